The van der Waals surface area contributed by atoms with Crippen LogP contribution in [0.5, 0.6) is 5.88 Å². The first-order valence-corrected chi connectivity index (χ1v) is 7.12. The molecule has 3 nitrogen and oxygen atoms in total. The van der Waals surface area contributed by atoms with E-state index in [0.717, 1.165) is 6.07 Å². The molecule has 1 saturated carbocycles. The van der Waals surface area contributed by atoms with Gasteiger partial charge in [0.15, 0.2) is 0 Å². The number of alkyl halides is 6. The lowest BCUT2D eigenvalue weighted by Crippen LogP contribution is -2.32. The number of rotatable bonds is 3. The summed E-state index contributed by atoms with van der Waals surface area (Å²) >= 11 is 0. The van der Waals surface area contributed by atoms with Crippen molar-refractivity contribution in [3.63, 3.8) is 0 Å². The Hall–Kier alpha value is -1.51. The maximum absolute atomic E-state index is 12.7. The van der Waals surface area contributed by atoms with Gasteiger partial charge in [-0.2, -0.15) is 26.3 Å². The van der Waals surface area contributed by atoms with Gasteiger partial charge < -0.3 is 10.5 Å². The molecule has 1 fully saturated rings. The van der Waals surface area contributed by atoms with Crippen molar-refractivity contribution in [3.8, 4) is 5.88 Å². The van der Waals surface area contributed by atoms with Crippen LogP contribution in [0.15, 0.2) is 12.1 Å². The van der Waals surface area contributed by atoms with Crippen LogP contribution in [0.3, 0.4) is 0 Å². The molecule has 2 rings (SSSR count). The van der Waals surface area contributed by atoms with Crippen LogP contribution in [-0.4, -0.2) is 17.3 Å². The Bertz CT molecular complexity index is 535. The van der Waals surface area contributed by atoms with Gasteiger partial charge in [0.1, 0.15) is 11.8 Å². The lowest BCUT2D eigenvalue weighted by molar-refractivity contribution is -0.185. The fraction of sp³-hybridized carbons (Fsp3) is 0.643. The first kappa shape index (κ1) is 17.8. The Morgan fingerprint density at radius 2 is 1.65 bits per heavy atom. The molecule has 0 aliphatic heterocycles. The van der Waals surface area contributed by atoms with Crippen LogP contribution in [0.2, 0.25) is 0 Å². The molecule has 2 N–H and O–H groups in total. The molecule has 0 atom stereocenters. The molecule has 23 heavy (non-hydrogen) atoms. The van der Waals surface area contributed by atoms with Crippen molar-refractivity contribution in [3.05, 3.63) is 23.4 Å². The average molecular weight is 342 g/mol. The number of halogens is 6. The minimum absolute atomic E-state index is 0.0711. The topological polar surface area (TPSA) is 48.1 Å². The summed E-state index contributed by atoms with van der Waals surface area (Å²) in [5.41, 5.74) is 4.61. The van der Waals surface area contributed by atoms with Crippen molar-refractivity contribution < 1.29 is 31.1 Å². The summed E-state index contributed by atoms with van der Waals surface area (Å²) in [7, 11) is 0. The molecular weight excluding hydrogens is 326 g/mol. The molecule has 1 aliphatic rings. The fourth-order valence-electron chi connectivity index (χ4n) is 2.55. The highest BCUT2D eigenvalue weighted by molar-refractivity contribution is 5.29. The number of hydrogen-bond acceptors (Lipinski definition) is 3. The van der Waals surface area contributed by atoms with E-state index in [4.69, 9.17) is 10.5 Å². The van der Waals surface area contributed by atoms with Gasteiger partial charge in [-0.3, -0.25) is 0 Å². The summed E-state index contributed by atoms with van der Waals surface area (Å²) in [6.45, 7) is -0.0711. The van der Waals surface area contributed by atoms with Crippen molar-refractivity contribution in [1.82, 2.24) is 4.98 Å². The van der Waals surface area contributed by atoms with Gasteiger partial charge in [0.05, 0.1) is 5.92 Å². The van der Waals surface area contributed by atoms with Crippen LogP contribution < -0.4 is 10.5 Å². The highest BCUT2D eigenvalue weighted by Gasteiger charge is 2.42. The van der Waals surface area contributed by atoms with E-state index in [-0.39, 0.29) is 43.7 Å². The van der Waals surface area contributed by atoms with Gasteiger partial charge in [0.2, 0.25) is 5.88 Å². The van der Waals surface area contributed by atoms with Crippen molar-refractivity contribution >= 4 is 0 Å². The summed E-state index contributed by atoms with van der Waals surface area (Å²) < 4.78 is 81.3. The van der Waals surface area contributed by atoms with Crippen LogP contribution in [0.25, 0.3) is 0 Å². The summed E-state index contributed by atoms with van der Waals surface area (Å²) in [6, 6.07) is 1.97. The molecule has 1 aliphatic carbocycles. The first-order valence-electron chi connectivity index (χ1n) is 7.12. The molecule has 9 heteroatoms. The molecule has 0 unspecified atom stereocenters. The molecule has 1 aromatic rings. The molecule has 0 bridgehead atoms. The maximum atomic E-state index is 12.7. The quantitative estimate of drug-likeness (QED) is 0.843. The Morgan fingerprint density at radius 1 is 1.04 bits per heavy atom. The Morgan fingerprint density at radius 3 is 2.13 bits per heavy atom. The zero-order valence-corrected chi connectivity index (χ0v) is 12.0. The van der Waals surface area contributed by atoms with Gasteiger partial charge in [0.25, 0.3) is 0 Å². The van der Waals surface area contributed by atoms with E-state index < -0.39 is 30.1 Å². The number of hydrogen-bond donors (Lipinski definition) is 1. The fourth-order valence-corrected chi connectivity index (χ4v) is 2.55. The van der Waals surface area contributed by atoms with Crippen molar-refractivity contribution in [2.45, 2.75) is 50.7 Å². The van der Waals surface area contributed by atoms with Gasteiger partial charge in [-0.15, -0.1) is 0 Å². The minimum atomic E-state index is -4.63. The van der Waals surface area contributed by atoms with E-state index in [1.54, 1.807) is 0 Å². The number of aromatic nitrogens is 1. The standard InChI is InChI=1S/C14H16F6N2O/c15-13(16,17)9-2-4-10(5-3-9)23-12-8(7-21)1-6-11(22-12)14(18,19)20/h1,6,9-10H,2-5,7,21H2. The van der Waals surface area contributed by atoms with E-state index >= 15 is 0 Å². The first-order chi connectivity index (χ1) is 10.6. The molecular formula is C14H16F6N2O. The molecule has 0 saturated heterocycles. The predicted octanol–water partition coefficient (Wildman–Crippen LogP) is 4.06. The number of pyridine rings is 1. The van der Waals surface area contributed by atoms with Crippen molar-refractivity contribution in [2.24, 2.45) is 11.7 Å². The molecule has 1 aromatic heterocycles. The average Bonchev–Trinajstić information content (AvgIpc) is 2.46. The molecule has 1 heterocycles. The van der Waals surface area contributed by atoms with E-state index in [1.807, 2.05) is 0 Å². The number of nitrogens with two attached hydrogens (primary N) is 1. The maximum Gasteiger partial charge on any atom is 0.433 e. The van der Waals surface area contributed by atoms with Gasteiger partial charge in [-0.1, -0.05) is 6.07 Å². The number of nitrogens with zero attached hydrogens (tertiary/aromatic N) is 1. The highest BCUT2D eigenvalue weighted by atomic mass is 19.4. The molecule has 0 radical (unpaired) electrons. The monoisotopic (exact) mass is 342 g/mol. The van der Waals surface area contributed by atoms with Crippen molar-refractivity contribution in [2.75, 3.05) is 0 Å². The number of ether oxygens (including phenoxy) is 1. The van der Waals surface area contributed by atoms with E-state index in [0.29, 0.717) is 0 Å². The predicted molar refractivity (Wildman–Crippen MR) is 69.6 cm³/mol. The summed E-state index contributed by atoms with van der Waals surface area (Å²) in [4.78, 5) is 3.43. The van der Waals surface area contributed by atoms with E-state index in [9.17, 15) is 26.3 Å². The second-order valence-corrected chi connectivity index (χ2v) is 5.50. The Labute approximate surface area is 128 Å². The van der Waals surface area contributed by atoms with Crippen LogP contribution in [0.1, 0.15) is 36.9 Å². The highest BCUT2D eigenvalue weighted by Crippen LogP contribution is 2.39. The third kappa shape index (κ3) is 4.49. The largest absolute Gasteiger partial charge is 0.474 e. The molecule has 0 aromatic carbocycles. The zero-order valence-electron chi connectivity index (χ0n) is 12.0. The van der Waals surface area contributed by atoms with Crippen LogP contribution in [0.4, 0.5) is 26.3 Å². The van der Waals surface area contributed by atoms with Crippen LogP contribution in [0, 0.1) is 5.92 Å². The lowest BCUT2D eigenvalue weighted by atomic mass is 9.87. The lowest BCUT2D eigenvalue weighted by Gasteiger charge is -2.30. The summed E-state index contributed by atoms with van der Waals surface area (Å²) in [5.74, 6) is -1.64. The van der Waals surface area contributed by atoms with Crippen LogP contribution in [-0.2, 0) is 12.7 Å². The van der Waals surface area contributed by atoms with Crippen LogP contribution >= 0.6 is 0 Å². The van der Waals surface area contributed by atoms with E-state index in [1.165, 1.54) is 6.07 Å². The summed E-state index contributed by atoms with van der Waals surface area (Å²) in [6.07, 6.45) is -9.44. The van der Waals surface area contributed by atoms with Gasteiger partial charge in [-0.05, 0) is 31.7 Å². The third-order valence-corrected chi connectivity index (χ3v) is 3.86. The molecule has 130 valence electrons. The van der Waals surface area contributed by atoms with E-state index in [2.05, 4.69) is 4.98 Å². The normalized spacial score (nSPS) is 22.9. The Kier molecular flexibility index (Phi) is 5.07. The zero-order chi connectivity index (χ0) is 17.3. The minimum Gasteiger partial charge on any atom is -0.474 e. The van der Waals surface area contributed by atoms with Gasteiger partial charge in [-0.25, -0.2) is 4.98 Å². The summed E-state index contributed by atoms with van der Waals surface area (Å²) in [5, 5.41) is 0. The van der Waals surface area contributed by atoms with Crippen molar-refractivity contribution in [1.29, 1.82) is 0 Å². The second kappa shape index (κ2) is 6.54. The molecule has 0 amide bonds. The second-order valence-electron chi connectivity index (χ2n) is 5.50. The Balaban J connectivity index is 2.08. The van der Waals surface area contributed by atoms with Gasteiger partial charge in [0, 0.05) is 12.1 Å². The smallest absolute Gasteiger partial charge is 0.433 e. The third-order valence-electron chi connectivity index (χ3n) is 3.86. The SMILES string of the molecule is NCc1ccc(C(F)(F)F)nc1OC1CCC(C(F)(F)F)CC1. The van der Waals surface area contributed by atoms with Gasteiger partial charge >= 0.3 is 12.4 Å². The molecule has 0 spiro atoms.